The SMILES string of the molecule is Cc1c(C(C)C)ccc(OC#N)c1C(C)C. The number of hydrogen-bond donors (Lipinski definition) is 0. The maximum Gasteiger partial charge on any atom is 0.292 e. The lowest BCUT2D eigenvalue weighted by molar-refractivity contribution is 0.495. The van der Waals surface area contributed by atoms with Crippen LogP contribution >= 0.6 is 0 Å². The Morgan fingerprint density at radius 3 is 2.19 bits per heavy atom. The number of nitrogens with zero attached hydrogens (tertiary/aromatic N) is 1. The minimum Gasteiger partial charge on any atom is -0.388 e. The van der Waals surface area contributed by atoms with Crippen LogP contribution in [0.2, 0.25) is 0 Å². The van der Waals surface area contributed by atoms with E-state index in [1.165, 1.54) is 11.1 Å². The van der Waals surface area contributed by atoms with Crippen LogP contribution in [0.3, 0.4) is 0 Å². The lowest BCUT2D eigenvalue weighted by Gasteiger charge is -2.18. The Labute approximate surface area is 97.9 Å². The summed E-state index contributed by atoms with van der Waals surface area (Å²) in [7, 11) is 0. The predicted molar refractivity (Wildman–Crippen MR) is 65.6 cm³/mol. The maximum atomic E-state index is 8.62. The number of rotatable bonds is 3. The van der Waals surface area contributed by atoms with Crippen LogP contribution in [0.4, 0.5) is 0 Å². The Balaban J connectivity index is 3.37. The molecule has 2 heteroatoms. The average molecular weight is 217 g/mol. The monoisotopic (exact) mass is 217 g/mol. The van der Waals surface area contributed by atoms with Crippen LogP contribution in [0.15, 0.2) is 12.1 Å². The average Bonchev–Trinajstić information content (AvgIpc) is 2.17. The molecule has 0 aliphatic rings. The highest BCUT2D eigenvalue weighted by Crippen LogP contribution is 2.34. The molecule has 0 atom stereocenters. The Morgan fingerprint density at radius 1 is 1.12 bits per heavy atom. The summed E-state index contributed by atoms with van der Waals surface area (Å²) in [6.45, 7) is 10.7. The van der Waals surface area contributed by atoms with Gasteiger partial charge in [-0.1, -0.05) is 33.8 Å². The molecule has 0 saturated heterocycles. The third-order valence-corrected chi connectivity index (χ3v) is 2.87. The highest BCUT2D eigenvalue weighted by Gasteiger charge is 2.15. The van der Waals surface area contributed by atoms with Crippen LogP contribution in [0.5, 0.6) is 5.75 Å². The fourth-order valence-corrected chi connectivity index (χ4v) is 2.20. The molecule has 1 aromatic rings. The lowest BCUT2D eigenvalue weighted by atomic mass is 9.89. The van der Waals surface area contributed by atoms with Gasteiger partial charge in [-0.15, -0.1) is 5.26 Å². The summed E-state index contributed by atoms with van der Waals surface area (Å²) in [6.07, 6.45) is 1.76. The topological polar surface area (TPSA) is 33.0 Å². The molecular formula is C14H19NO. The van der Waals surface area contributed by atoms with Gasteiger partial charge in [0, 0.05) is 5.56 Å². The van der Waals surface area contributed by atoms with Crippen LogP contribution in [0, 0.1) is 18.4 Å². The molecule has 1 rings (SSSR count). The zero-order chi connectivity index (χ0) is 12.3. The fourth-order valence-electron chi connectivity index (χ4n) is 2.20. The molecule has 0 N–H and O–H groups in total. The molecule has 1 aromatic carbocycles. The van der Waals surface area contributed by atoms with Gasteiger partial charge in [0.15, 0.2) is 0 Å². The van der Waals surface area contributed by atoms with Crippen molar-refractivity contribution in [3.63, 3.8) is 0 Å². The normalized spacial score (nSPS) is 10.6. The third-order valence-electron chi connectivity index (χ3n) is 2.87. The van der Waals surface area contributed by atoms with E-state index in [-0.39, 0.29) is 0 Å². The van der Waals surface area contributed by atoms with E-state index in [9.17, 15) is 0 Å². The van der Waals surface area contributed by atoms with Crippen molar-refractivity contribution < 1.29 is 4.74 Å². The number of benzene rings is 1. The minimum absolute atomic E-state index is 0.363. The van der Waals surface area contributed by atoms with Crippen molar-refractivity contribution in [1.82, 2.24) is 0 Å². The number of hydrogen-bond acceptors (Lipinski definition) is 2. The van der Waals surface area contributed by atoms with E-state index in [1.54, 1.807) is 6.26 Å². The van der Waals surface area contributed by atoms with Crippen molar-refractivity contribution in [2.75, 3.05) is 0 Å². The van der Waals surface area contributed by atoms with Gasteiger partial charge in [0.1, 0.15) is 5.75 Å². The van der Waals surface area contributed by atoms with E-state index >= 15 is 0 Å². The molecule has 0 saturated carbocycles. The van der Waals surface area contributed by atoms with Crippen molar-refractivity contribution in [3.8, 4) is 12.0 Å². The van der Waals surface area contributed by atoms with E-state index in [2.05, 4.69) is 40.7 Å². The summed E-state index contributed by atoms with van der Waals surface area (Å²) in [5.41, 5.74) is 3.72. The maximum absolute atomic E-state index is 8.62. The van der Waals surface area contributed by atoms with Gasteiger partial charge < -0.3 is 4.74 Å². The van der Waals surface area contributed by atoms with Gasteiger partial charge in [-0.05, 0) is 36.0 Å². The number of nitriles is 1. The van der Waals surface area contributed by atoms with Gasteiger partial charge in [0.25, 0.3) is 6.26 Å². The first-order chi connectivity index (χ1) is 7.49. The van der Waals surface area contributed by atoms with Gasteiger partial charge in [0.05, 0.1) is 0 Å². The largest absolute Gasteiger partial charge is 0.388 e. The van der Waals surface area contributed by atoms with Crippen molar-refractivity contribution in [1.29, 1.82) is 5.26 Å². The second kappa shape index (κ2) is 5.03. The van der Waals surface area contributed by atoms with Crippen molar-refractivity contribution in [2.45, 2.75) is 46.5 Å². The van der Waals surface area contributed by atoms with Crippen molar-refractivity contribution in [2.24, 2.45) is 0 Å². The summed E-state index contributed by atoms with van der Waals surface area (Å²) >= 11 is 0. The van der Waals surface area contributed by atoms with Crippen LogP contribution in [-0.2, 0) is 0 Å². The van der Waals surface area contributed by atoms with E-state index in [0.717, 1.165) is 5.56 Å². The molecule has 0 aliphatic heterocycles. The molecule has 86 valence electrons. The van der Waals surface area contributed by atoms with Crippen LogP contribution in [0.1, 0.15) is 56.2 Å². The summed E-state index contributed by atoms with van der Waals surface area (Å²) in [5, 5.41) is 8.62. The number of ether oxygens (including phenoxy) is 1. The van der Waals surface area contributed by atoms with E-state index in [4.69, 9.17) is 10.00 Å². The van der Waals surface area contributed by atoms with Crippen LogP contribution < -0.4 is 4.74 Å². The smallest absolute Gasteiger partial charge is 0.292 e. The first-order valence-electron chi connectivity index (χ1n) is 5.68. The molecule has 0 unspecified atom stereocenters. The van der Waals surface area contributed by atoms with Gasteiger partial charge in [-0.2, -0.15) is 0 Å². The Bertz CT molecular complexity index is 413. The summed E-state index contributed by atoms with van der Waals surface area (Å²) < 4.78 is 5.02. The second-order valence-electron chi connectivity index (χ2n) is 4.69. The Morgan fingerprint density at radius 2 is 1.75 bits per heavy atom. The van der Waals surface area contributed by atoms with Crippen molar-refractivity contribution >= 4 is 0 Å². The minimum atomic E-state index is 0.363. The molecule has 2 nitrogen and oxygen atoms in total. The quantitative estimate of drug-likeness (QED) is 0.714. The molecular weight excluding hydrogens is 198 g/mol. The van der Waals surface area contributed by atoms with Crippen LogP contribution in [-0.4, -0.2) is 0 Å². The zero-order valence-electron chi connectivity index (χ0n) is 10.7. The summed E-state index contributed by atoms with van der Waals surface area (Å²) in [5.74, 6) is 1.55. The van der Waals surface area contributed by atoms with Gasteiger partial charge in [-0.3, -0.25) is 0 Å². The molecule has 16 heavy (non-hydrogen) atoms. The van der Waals surface area contributed by atoms with E-state index in [1.807, 2.05) is 6.07 Å². The molecule has 0 radical (unpaired) electrons. The summed E-state index contributed by atoms with van der Waals surface area (Å²) in [6, 6.07) is 3.96. The molecule has 0 heterocycles. The Hall–Kier alpha value is -1.49. The lowest BCUT2D eigenvalue weighted by Crippen LogP contribution is -2.02. The molecule has 0 spiro atoms. The first-order valence-corrected chi connectivity index (χ1v) is 5.68. The first kappa shape index (κ1) is 12.6. The van der Waals surface area contributed by atoms with Gasteiger partial charge >= 0.3 is 0 Å². The van der Waals surface area contributed by atoms with Crippen molar-refractivity contribution in [3.05, 3.63) is 28.8 Å². The standard InChI is InChI=1S/C14H19NO/c1-9(2)12-6-7-13(16-8-15)14(10(3)4)11(12)5/h6-7,9-10H,1-5H3. The second-order valence-corrected chi connectivity index (χ2v) is 4.69. The highest BCUT2D eigenvalue weighted by molar-refractivity contribution is 5.47. The fraction of sp³-hybridized carbons (Fsp3) is 0.500. The zero-order valence-corrected chi connectivity index (χ0v) is 10.7. The Kier molecular flexibility index (Phi) is 3.95. The predicted octanol–water partition coefficient (Wildman–Crippen LogP) is 4.10. The molecule has 0 bridgehead atoms. The van der Waals surface area contributed by atoms with Gasteiger partial charge in [0.2, 0.25) is 0 Å². The molecule has 0 aromatic heterocycles. The summed E-state index contributed by atoms with van der Waals surface area (Å²) in [4.78, 5) is 0. The molecule has 0 aliphatic carbocycles. The molecule has 0 fully saturated rings. The van der Waals surface area contributed by atoms with Gasteiger partial charge in [-0.25, -0.2) is 0 Å². The third kappa shape index (κ3) is 2.36. The van der Waals surface area contributed by atoms with Crippen LogP contribution in [0.25, 0.3) is 0 Å². The van der Waals surface area contributed by atoms with E-state index in [0.29, 0.717) is 17.6 Å². The molecule has 0 amide bonds. The van der Waals surface area contributed by atoms with E-state index < -0.39 is 0 Å². The highest BCUT2D eigenvalue weighted by atomic mass is 16.5.